The summed E-state index contributed by atoms with van der Waals surface area (Å²) >= 11 is 0. The van der Waals surface area contributed by atoms with Crippen LogP contribution in [0.25, 0.3) is 0 Å². The molecule has 5 nitrogen and oxygen atoms in total. The molecule has 5 heteroatoms. The number of nitrogens with one attached hydrogen (secondary N) is 2. The number of hydrogen-bond acceptors (Lipinski definition) is 3. The van der Waals surface area contributed by atoms with E-state index in [1.165, 1.54) is 12.1 Å². The predicted octanol–water partition coefficient (Wildman–Crippen LogP) is 2.43. The number of aromatic hydroxyl groups is 1. The SMILES string of the molecule is Cc1cccc(C)c1NC(=O)[C@H](NC=O)c1ccc(O)cc1. The molecule has 2 amide bonds. The lowest BCUT2D eigenvalue weighted by molar-refractivity contribution is -0.121. The van der Waals surface area contributed by atoms with Crippen molar-refractivity contribution in [1.82, 2.24) is 5.32 Å². The molecule has 2 aromatic carbocycles. The Morgan fingerprint density at radius 1 is 1.09 bits per heavy atom. The molecule has 0 aliphatic carbocycles. The molecule has 0 saturated carbocycles. The number of carbonyl (C=O) groups excluding carboxylic acids is 2. The first-order valence-electron chi connectivity index (χ1n) is 6.88. The zero-order valence-electron chi connectivity index (χ0n) is 12.5. The second-order valence-electron chi connectivity index (χ2n) is 5.07. The summed E-state index contributed by atoms with van der Waals surface area (Å²) in [6, 6.07) is 11.1. The van der Waals surface area contributed by atoms with Crippen molar-refractivity contribution in [2.75, 3.05) is 5.32 Å². The molecule has 0 bridgehead atoms. The molecule has 0 aliphatic rings. The first-order valence-corrected chi connectivity index (χ1v) is 6.88. The molecule has 0 unspecified atom stereocenters. The fourth-order valence-electron chi connectivity index (χ4n) is 2.27. The standard InChI is InChI=1S/C17H18N2O3/c1-11-4-3-5-12(2)15(11)19-17(22)16(18-10-20)13-6-8-14(21)9-7-13/h3-10,16,21H,1-2H3,(H,18,20)(H,19,22)/t16-/m1/s1. The van der Waals surface area contributed by atoms with Crippen LogP contribution in [0.2, 0.25) is 0 Å². The van der Waals surface area contributed by atoms with E-state index in [0.29, 0.717) is 12.0 Å². The maximum atomic E-state index is 12.5. The maximum Gasteiger partial charge on any atom is 0.251 e. The minimum Gasteiger partial charge on any atom is -0.508 e. The normalized spacial score (nSPS) is 11.5. The van der Waals surface area contributed by atoms with E-state index in [-0.39, 0.29) is 11.7 Å². The molecular formula is C17H18N2O3. The van der Waals surface area contributed by atoms with Crippen LogP contribution in [-0.4, -0.2) is 17.4 Å². The van der Waals surface area contributed by atoms with Crippen LogP contribution < -0.4 is 10.6 Å². The van der Waals surface area contributed by atoms with Gasteiger partial charge in [0.2, 0.25) is 6.41 Å². The molecule has 1 atom stereocenters. The van der Waals surface area contributed by atoms with E-state index in [1.807, 2.05) is 32.0 Å². The molecule has 0 spiro atoms. The Hall–Kier alpha value is -2.82. The van der Waals surface area contributed by atoms with Gasteiger partial charge in [0.15, 0.2) is 0 Å². The zero-order valence-corrected chi connectivity index (χ0v) is 12.5. The monoisotopic (exact) mass is 298 g/mol. The first kappa shape index (κ1) is 15.6. The molecule has 0 aromatic heterocycles. The van der Waals surface area contributed by atoms with E-state index in [2.05, 4.69) is 10.6 Å². The summed E-state index contributed by atoms with van der Waals surface area (Å²) in [5, 5.41) is 14.7. The molecule has 2 rings (SSSR count). The van der Waals surface area contributed by atoms with Crippen molar-refractivity contribution in [3.63, 3.8) is 0 Å². The summed E-state index contributed by atoms with van der Waals surface area (Å²) in [6.07, 6.45) is 0.488. The minimum atomic E-state index is -0.822. The van der Waals surface area contributed by atoms with Gasteiger partial charge in [-0.15, -0.1) is 0 Å². The first-order chi connectivity index (χ1) is 10.5. The Kier molecular flexibility index (Phi) is 4.78. The van der Waals surface area contributed by atoms with E-state index in [9.17, 15) is 14.7 Å². The van der Waals surface area contributed by atoms with Gasteiger partial charge in [-0.05, 0) is 42.7 Å². The average Bonchev–Trinajstić information content (AvgIpc) is 2.49. The van der Waals surface area contributed by atoms with Crippen LogP contribution in [0.1, 0.15) is 22.7 Å². The van der Waals surface area contributed by atoms with Gasteiger partial charge in [0, 0.05) is 5.69 Å². The molecule has 0 fully saturated rings. The third-order valence-corrected chi connectivity index (χ3v) is 3.45. The fourth-order valence-corrected chi connectivity index (χ4v) is 2.27. The van der Waals surface area contributed by atoms with Crippen LogP contribution in [0.3, 0.4) is 0 Å². The predicted molar refractivity (Wildman–Crippen MR) is 84.6 cm³/mol. The number of anilines is 1. The smallest absolute Gasteiger partial charge is 0.251 e. The van der Waals surface area contributed by atoms with E-state index in [1.54, 1.807) is 12.1 Å². The maximum absolute atomic E-state index is 12.5. The highest BCUT2D eigenvalue weighted by atomic mass is 16.3. The van der Waals surface area contributed by atoms with E-state index in [0.717, 1.165) is 16.8 Å². The molecule has 0 aliphatic heterocycles. The number of para-hydroxylation sites is 1. The van der Waals surface area contributed by atoms with Crippen LogP contribution in [0.4, 0.5) is 5.69 Å². The van der Waals surface area contributed by atoms with Crippen molar-refractivity contribution in [1.29, 1.82) is 0 Å². The van der Waals surface area contributed by atoms with Crippen LogP contribution in [0.15, 0.2) is 42.5 Å². The highest BCUT2D eigenvalue weighted by molar-refractivity contribution is 5.97. The van der Waals surface area contributed by atoms with Crippen LogP contribution >= 0.6 is 0 Å². The molecule has 0 saturated heterocycles. The molecular weight excluding hydrogens is 280 g/mol. The molecule has 3 N–H and O–H groups in total. The number of rotatable bonds is 5. The number of phenolic OH excluding ortho intramolecular Hbond substituents is 1. The van der Waals surface area contributed by atoms with Crippen LogP contribution in [0, 0.1) is 13.8 Å². The summed E-state index contributed by atoms with van der Waals surface area (Å²) in [4.78, 5) is 23.3. The Labute approximate surface area is 129 Å². The van der Waals surface area contributed by atoms with Gasteiger partial charge < -0.3 is 15.7 Å². The highest BCUT2D eigenvalue weighted by Crippen LogP contribution is 2.23. The van der Waals surface area contributed by atoms with Gasteiger partial charge in [-0.1, -0.05) is 30.3 Å². The lowest BCUT2D eigenvalue weighted by atomic mass is 10.0. The van der Waals surface area contributed by atoms with Crippen LogP contribution in [0.5, 0.6) is 5.75 Å². The van der Waals surface area contributed by atoms with Crippen molar-refractivity contribution in [3.8, 4) is 5.75 Å². The number of amides is 2. The number of carbonyl (C=O) groups is 2. The zero-order chi connectivity index (χ0) is 16.1. The summed E-state index contributed by atoms with van der Waals surface area (Å²) < 4.78 is 0. The second-order valence-corrected chi connectivity index (χ2v) is 5.07. The van der Waals surface area contributed by atoms with Crippen molar-refractivity contribution in [2.45, 2.75) is 19.9 Å². The quantitative estimate of drug-likeness (QED) is 0.742. The summed E-state index contributed by atoms with van der Waals surface area (Å²) in [5.74, 6) is -0.237. The fraction of sp³-hybridized carbons (Fsp3) is 0.176. The number of aryl methyl sites for hydroxylation is 2. The Bertz CT molecular complexity index is 661. The number of benzene rings is 2. The Morgan fingerprint density at radius 2 is 1.68 bits per heavy atom. The van der Waals surface area contributed by atoms with Gasteiger partial charge >= 0.3 is 0 Å². The van der Waals surface area contributed by atoms with Gasteiger partial charge in [0.1, 0.15) is 11.8 Å². The van der Waals surface area contributed by atoms with Crippen molar-refractivity contribution in [3.05, 3.63) is 59.2 Å². The minimum absolute atomic E-state index is 0.101. The Morgan fingerprint density at radius 3 is 2.23 bits per heavy atom. The number of phenols is 1. The summed E-state index contributed by atoms with van der Waals surface area (Å²) in [6.45, 7) is 3.82. The number of hydrogen-bond donors (Lipinski definition) is 3. The second kappa shape index (κ2) is 6.76. The van der Waals surface area contributed by atoms with Gasteiger partial charge in [0.25, 0.3) is 5.91 Å². The lowest BCUT2D eigenvalue weighted by Gasteiger charge is -2.18. The van der Waals surface area contributed by atoms with Crippen molar-refractivity contribution < 1.29 is 14.7 Å². The topological polar surface area (TPSA) is 78.4 Å². The third-order valence-electron chi connectivity index (χ3n) is 3.45. The highest BCUT2D eigenvalue weighted by Gasteiger charge is 2.21. The van der Waals surface area contributed by atoms with Crippen molar-refractivity contribution >= 4 is 18.0 Å². The van der Waals surface area contributed by atoms with E-state index < -0.39 is 6.04 Å². The van der Waals surface area contributed by atoms with Crippen LogP contribution in [-0.2, 0) is 9.59 Å². The molecule has 0 heterocycles. The van der Waals surface area contributed by atoms with Crippen molar-refractivity contribution in [2.24, 2.45) is 0 Å². The largest absolute Gasteiger partial charge is 0.508 e. The van der Waals surface area contributed by atoms with Gasteiger partial charge in [-0.2, -0.15) is 0 Å². The summed E-state index contributed by atoms with van der Waals surface area (Å²) in [7, 11) is 0. The Balaban J connectivity index is 2.27. The molecule has 2 aromatic rings. The third kappa shape index (κ3) is 3.44. The molecule has 114 valence electrons. The molecule has 0 radical (unpaired) electrons. The van der Waals surface area contributed by atoms with Gasteiger partial charge in [0.05, 0.1) is 0 Å². The molecule has 22 heavy (non-hydrogen) atoms. The average molecular weight is 298 g/mol. The van der Waals surface area contributed by atoms with E-state index >= 15 is 0 Å². The van der Waals surface area contributed by atoms with E-state index in [4.69, 9.17) is 0 Å². The van der Waals surface area contributed by atoms with Gasteiger partial charge in [-0.25, -0.2) is 0 Å². The summed E-state index contributed by atoms with van der Waals surface area (Å²) in [5.41, 5.74) is 3.23. The lowest BCUT2D eigenvalue weighted by Crippen LogP contribution is -2.32. The van der Waals surface area contributed by atoms with Gasteiger partial charge in [-0.3, -0.25) is 9.59 Å².